The molecule has 5 rings (SSSR count). The number of hydrogen-bond acceptors (Lipinski definition) is 6. The van der Waals surface area contributed by atoms with Gasteiger partial charge in [0.15, 0.2) is 17.9 Å². The summed E-state index contributed by atoms with van der Waals surface area (Å²) >= 11 is 0. The molecule has 0 aromatic carbocycles. The summed E-state index contributed by atoms with van der Waals surface area (Å²) in [7, 11) is 0. The number of ether oxygens (including phenoxy) is 5. The normalized spacial score (nSPS) is 46.6. The van der Waals surface area contributed by atoms with E-state index in [2.05, 4.69) is 0 Å². The van der Waals surface area contributed by atoms with Gasteiger partial charge in [-0.25, -0.2) is 0 Å². The van der Waals surface area contributed by atoms with E-state index in [-0.39, 0.29) is 6.10 Å². The van der Waals surface area contributed by atoms with Crippen LogP contribution in [-0.2, 0) is 23.7 Å². The molecule has 2 saturated carbocycles. The van der Waals surface area contributed by atoms with Crippen molar-refractivity contribution in [3.05, 3.63) is 0 Å². The lowest BCUT2D eigenvalue weighted by Crippen LogP contribution is -2.44. The molecule has 6 nitrogen and oxygen atoms in total. The topological polar surface area (TPSA) is 66.4 Å². The van der Waals surface area contributed by atoms with E-state index >= 15 is 0 Å². The highest BCUT2D eigenvalue weighted by Gasteiger charge is 2.60. The predicted molar refractivity (Wildman–Crippen MR) is 83.1 cm³/mol. The lowest BCUT2D eigenvalue weighted by atomic mass is 9.94. The molecule has 0 aromatic heterocycles. The molecule has 0 amide bonds. The van der Waals surface area contributed by atoms with Crippen LogP contribution < -0.4 is 0 Å². The minimum Gasteiger partial charge on any atom is -0.387 e. The lowest BCUT2D eigenvalue weighted by molar-refractivity contribution is -0.259. The van der Waals surface area contributed by atoms with E-state index in [1.54, 1.807) is 0 Å². The third-order valence-electron chi connectivity index (χ3n) is 6.39. The Kier molecular flexibility index (Phi) is 3.92. The van der Waals surface area contributed by atoms with Crippen molar-refractivity contribution >= 4 is 0 Å². The maximum atomic E-state index is 10.8. The summed E-state index contributed by atoms with van der Waals surface area (Å²) in [6, 6.07) is 0. The average molecular weight is 340 g/mol. The minimum atomic E-state index is -0.719. The van der Waals surface area contributed by atoms with Crippen molar-refractivity contribution in [2.24, 2.45) is 0 Å². The summed E-state index contributed by atoms with van der Waals surface area (Å²) in [6.45, 7) is 0.478. The Labute approximate surface area is 142 Å². The van der Waals surface area contributed by atoms with Crippen LogP contribution in [0.5, 0.6) is 0 Å². The van der Waals surface area contributed by atoms with E-state index in [4.69, 9.17) is 23.7 Å². The molecule has 0 radical (unpaired) electrons. The molecule has 6 heteroatoms. The van der Waals surface area contributed by atoms with Crippen LogP contribution in [0.4, 0.5) is 0 Å². The summed E-state index contributed by atoms with van der Waals surface area (Å²) in [5, 5.41) is 10.8. The van der Waals surface area contributed by atoms with Crippen molar-refractivity contribution in [1.29, 1.82) is 0 Å². The first-order chi connectivity index (χ1) is 11.7. The zero-order valence-electron chi connectivity index (χ0n) is 14.2. The van der Waals surface area contributed by atoms with Gasteiger partial charge in [-0.3, -0.25) is 0 Å². The third-order valence-corrected chi connectivity index (χ3v) is 6.39. The minimum absolute atomic E-state index is 0.238. The molecule has 136 valence electrons. The van der Waals surface area contributed by atoms with Crippen LogP contribution in [0.3, 0.4) is 0 Å². The molecule has 0 bridgehead atoms. The molecule has 1 N–H and O–H groups in total. The van der Waals surface area contributed by atoms with Gasteiger partial charge < -0.3 is 28.8 Å². The Morgan fingerprint density at radius 3 is 2.04 bits per heavy atom. The Morgan fingerprint density at radius 2 is 1.38 bits per heavy atom. The van der Waals surface area contributed by atoms with Crippen LogP contribution in [-0.4, -0.2) is 54.0 Å². The average Bonchev–Trinajstić information content (AvgIpc) is 3.23. The standard InChI is InChI=1S/C18H28O6/c19-13-14(12-11-20-17(22-12)7-3-1-4-8-17)21-16-15(13)23-18(24-16)9-5-2-6-10-18/h12-16,19H,1-11H2/t12-,13+,14-,15+,16-/m1/s1. The number of fused-ring (bicyclic) bond motifs is 1. The summed E-state index contributed by atoms with van der Waals surface area (Å²) in [6.07, 6.45) is 8.38. The van der Waals surface area contributed by atoms with Gasteiger partial charge in [-0.05, 0) is 25.7 Å². The van der Waals surface area contributed by atoms with Crippen LogP contribution in [0, 0.1) is 0 Å². The molecule has 2 spiro atoms. The molecule has 5 aliphatic rings. The van der Waals surface area contributed by atoms with Crippen molar-refractivity contribution in [1.82, 2.24) is 0 Å². The zero-order chi connectivity index (χ0) is 16.2. The highest BCUT2D eigenvalue weighted by atomic mass is 16.8. The van der Waals surface area contributed by atoms with E-state index in [1.165, 1.54) is 12.8 Å². The van der Waals surface area contributed by atoms with E-state index in [9.17, 15) is 5.11 Å². The molecule has 0 unspecified atom stereocenters. The summed E-state index contributed by atoms with van der Waals surface area (Å²) < 4.78 is 30.5. The van der Waals surface area contributed by atoms with Crippen LogP contribution in [0.2, 0.25) is 0 Å². The second kappa shape index (κ2) is 5.89. The summed E-state index contributed by atoms with van der Waals surface area (Å²) in [5.74, 6) is -0.979. The Balaban J connectivity index is 1.24. The van der Waals surface area contributed by atoms with Crippen LogP contribution in [0.1, 0.15) is 64.2 Å². The molecule has 0 aromatic rings. The van der Waals surface area contributed by atoms with Crippen molar-refractivity contribution in [2.75, 3.05) is 6.61 Å². The van der Waals surface area contributed by atoms with Crippen molar-refractivity contribution in [2.45, 2.75) is 106 Å². The largest absolute Gasteiger partial charge is 0.387 e. The Bertz CT molecular complexity index is 470. The monoisotopic (exact) mass is 340 g/mol. The second-order valence-electron chi connectivity index (χ2n) is 8.07. The van der Waals surface area contributed by atoms with Gasteiger partial charge in [0.05, 0.1) is 6.61 Å². The molecule has 5 fully saturated rings. The van der Waals surface area contributed by atoms with Gasteiger partial charge in [0.25, 0.3) is 0 Å². The summed E-state index contributed by atoms with van der Waals surface area (Å²) in [4.78, 5) is 0. The van der Waals surface area contributed by atoms with E-state index in [0.29, 0.717) is 6.61 Å². The molecular weight excluding hydrogens is 312 g/mol. The molecule has 3 aliphatic heterocycles. The molecule has 3 saturated heterocycles. The van der Waals surface area contributed by atoms with Crippen molar-refractivity contribution in [3.8, 4) is 0 Å². The number of hydrogen-bond donors (Lipinski definition) is 1. The van der Waals surface area contributed by atoms with Gasteiger partial charge in [-0.15, -0.1) is 0 Å². The maximum Gasteiger partial charge on any atom is 0.190 e. The van der Waals surface area contributed by atoms with Gasteiger partial charge in [0, 0.05) is 25.7 Å². The maximum absolute atomic E-state index is 10.8. The molecule has 2 aliphatic carbocycles. The van der Waals surface area contributed by atoms with Gasteiger partial charge in [0.2, 0.25) is 0 Å². The highest BCUT2D eigenvalue weighted by molar-refractivity contribution is 5.00. The quantitative estimate of drug-likeness (QED) is 0.789. The Morgan fingerprint density at radius 1 is 0.708 bits per heavy atom. The first-order valence-electron chi connectivity index (χ1n) is 9.70. The zero-order valence-corrected chi connectivity index (χ0v) is 14.2. The number of aliphatic hydroxyl groups excluding tert-OH is 1. The number of rotatable bonds is 1. The fraction of sp³-hybridized carbons (Fsp3) is 1.00. The molecule has 24 heavy (non-hydrogen) atoms. The van der Waals surface area contributed by atoms with Crippen LogP contribution in [0.25, 0.3) is 0 Å². The van der Waals surface area contributed by atoms with E-state index in [0.717, 1.165) is 51.4 Å². The summed E-state index contributed by atoms with van der Waals surface area (Å²) in [5.41, 5.74) is 0. The molecular formula is C18H28O6. The lowest BCUT2D eigenvalue weighted by Gasteiger charge is -2.34. The van der Waals surface area contributed by atoms with Crippen LogP contribution >= 0.6 is 0 Å². The smallest absolute Gasteiger partial charge is 0.190 e. The van der Waals surface area contributed by atoms with Crippen molar-refractivity contribution in [3.63, 3.8) is 0 Å². The first kappa shape index (κ1) is 16.0. The van der Waals surface area contributed by atoms with E-state index < -0.39 is 36.2 Å². The Hall–Kier alpha value is -0.240. The molecule has 5 atom stereocenters. The van der Waals surface area contributed by atoms with Gasteiger partial charge in [0.1, 0.15) is 24.4 Å². The SMILES string of the molecule is O[C@@H]1[C@@H]2OC3(CCCCC3)O[C@H]2O[C@@H]1[C@H]1COC2(CCCCC2)O1. The van der Waals surface area contributed by atoms with Gasteiger partial charge in [-0.2, -0.15) is 0 Å². The van der Waals surface area contributed by atoms with Crippen molar-refractivity contribution < 1.29 is 28.8 Å². The molecule has 3 heterocycles. The highest BCUT2D eigenvalue weighted by Crippen LogP contribution is 2.47. The fourth-order valence-electron chi connectivity index (χ4n) is 5.09. The number of aliphatic hydroxyl groups is 1. The predicted octanol–water partition coefficient (Wildman–Crippen LogP) is 2.22. The first-order valence-corrected chi connectivity index (χ1v) is 9.70. The fourth-order valence-corrected chi connectivity index (χ4v) is 5.09. The second-order valence-corrected chi connectivity index (χ2v) is 8.07. The van der Waals surface area contributed by atoms with E-state index in [1.807, 2.05) is 0 Å². The third kappa shape index (κ3) is 2.54. The van der Waals surface area contributed by atoms with Crippen LogP contribution in [0.15, 0.2) is 0 Å². The van der Waals surface area contributed by atoms with Gasteiger partial charge in [-0.1, -0.05) is 12.8 Å². The van der Waals surface area contributed by atoms with Gasteiger partial charge >= 0.3 is 0 Å².